The normalized spacial score (nSPS) is 17.4. The number of carbonyl (C=O) groups excluding carboxylic acids is 2. The molecule has 1 aliphatic heterocycles. The van der Waals surface area contributed by atoms with E-state index >= 15 is 0 Å². The molecule has 0 bridgehead atoms. The molecule has 5 nitrogen and oxygen atoms in total. The Labute approximate surface area is 160 Å². The lowest BCUT2D eigenvalue weighted by Gasteiger charge is -2.34. The van der Waals surface area contributed by atoms with Gasteiger partial charge in [-0.3, -0.25) is 9.59 Å². The summed E-state index contributed by atoms with van der Waals surface area (Å²) in [4.78, 5) is 27.2. The van der Waals surface area contributed by atoms with Crippen molar-refractivity contribution < 1.29 is 9.59 Å². The second-order valence-corrected chi connectivity index (χ2v) is 7.41. The molecular formula is C17H17Cl2N3O2S. The summed E-state index contributed by atoms with van der Waals surface area (Å²) in [6.07, 6.45) is 2.41. The maximum absolute atomic E-state index is 12.8. The largest absolute Gasteiger partial charge is 0.327 e. The van der Waals surface area contributed by atoms with E-state index < -0.39 is 6.04 Å². The van der Waals surface area contributed by atoms with Gasteiger partial charge in [0, 0.05) is 16.9 Å². The average molecular weight is 398 g/mol. The third kappa shape index (κ3) is 3.97. The molecule has 8 heteroatoms. The molecule has 1 fully saturated rings. The van der Waals surface area contributed by atoms with Crippen molar-refractivity contribution in [1.29, 1.82) is 0 Å². The number of halogens is 2. The lowest BCUT2D eigenvalue weighted by atomic mass is 10.00. The third-order valence-corrected chi connectivity index (χ3v) is 5.50. The lowest BCUT2D eigenvalue weighted by Crippen LogP contribution is -2.50. The number of aryl methyl sites for hydroxylation is 1. The van der Waals surface area contributed by atoms with Crippen LogP contribution in [0.5, 0.6) is 0 Å². The van der Waals surface area contributed by atoms with E-state index in [1.807, 2.05) is 0 Å². The molecule has 1 aliphatic rings. The second-order valence-electron chi connectivity index (χ2n) is 5.94. The summed E-state index contributed by atoms with van der Waals surface area (Å²) in [6.45, 7) is 2.36. The fraction of sp³-hybridized carbons (Fsp3) is 0.353. The lowest BCUT2D eigenvalue weighted by molar-refractivity contribution is -0.121. The Bertz CT molecular complexity index is 809. The Hall–Kier alpha value is -1.63. The fourth-order valence-electron chi connectivity index (χ4n) is 2.91. The van der Waals surface area contributed by atoms with E-state index in [0.29, 0.717) is 40.0 Å². The molecule has 3 rings (SSSR count). The van der Waals surface area contributed by atoms with Crippen LogP contribution in [0.3, 0.4) is 0 Å². The number of aromatic nitrogens is 1. The summed E-state index contributed by atoms with van der Waals surface area (Å²) >= 11 is 13.3. The van der Waals surface area contributed by atoms with Gasteiger partial charge in [-0.2, -0.15) is 4.37 Å². The number of likely N-dealkylation sites (tertiary alicyclic amines) is 1. The summed E-state index contributed by atoms with van der Waals surface area (Å²) < 4.78 is 4.15. The van der Waals surface area contributed by atoms with Gasteiger partial charge in [-0.15, -0.1) is 0 Å². The van der Waals surface area contributed by atoms with E-state index in [-0.39, 0.29) is 11.8 Å². The average Bonchev–Trinajstić information content (AvgIpc) is 3.02. The Morgan fingerprint density at radius 1 is 1.32 bits per heavy atom. The molecule has 1 unspecified atom stereocenters. The van der Waals surface area contributed by atoms with Crippen molar-refractivity contribution in [3.05, 3.63) is 44.9 Å². The van der Waals surface area contributed by atoms with Crippen LogP contribution in [-0.4, -0.2) is 33.7 Å². The SMILES string of the molecule is Cc1nscc1C(=O)N1CCCCC1C(=O)Nc1ccc(Cl)cc1Cl. The van der Waals surface area contributed by atoms with E-state index in [9.17, 15) is 9.59 Å². The molecule has 1 saturated heterocycles. The molecular weight excluding hydrogens is 381 g/mol. The van der Waals surface area contributed by atoms with E-state index in [2.05, 4.69) is 9.69 Å². The molecule has 2 amide bonds. The van der Waals surface area contributed by atoms with Gasteiger partial charge in [0.25, 0.3) is 5.91 Å². The number of piperidine rings is 1. The third-order valence-electron chi connectivity index (χ3n) is 4.24. The zero-order valence-corrected chi connectivity index (χ0v) is 15.9. The van der Waals surface area contributed by atoms with Crippen molar-refractivity contribution in [3.63, 3.8) is 0 Å². The molecule has 1 aromatic heterocycles. The van der Waals surface area contributed by atoms with Gasteiger partial charge in [-0.1, -0.05) is 23.2 Å². The van der Waals surface area contributed by atoms with Crippen molar-refractivity contribution in [3.8, 4) is 0 Å². The van der Waals surface area contributed by atoms with Crippen LogP contribution in [-0.2, 0) is 4.79 Å². The number of anilines is 1. The number of nitrogens with one attached hydrogen (secondary N) is 1. The van der Waals surface area contributed by atoms with Gasteiger partial charge in [0.2, 0.25) is 5.91 Å². The number of hydrogen-bond donors (Lipinski definition) is 1. The minimum Gasteiger partial charge on any atom is -0.327 e. The highest BCUT2D eigenvalue weighted by atomic mass is 35.5. The van der Waals surface area contributed by atoms with Crippen LogP contribution < -0.4 is 5.32 Å². The van der Waals surface area contributed by atoms with Crippen LogP contribution in [0.15, 0.2) is 23.6 Å². The highest BCUT2D eigenvalue weighted by Crippen LogP contribution is 2.27. The minimum absolute atomic E-state index is 0.145. The van der Waals surface area contributed by atoms with E-state index in [1.165, 1.54) is 11.5 Å². The first-order valence-electron chi connectivity index (χ1n) is 7.95. The smallest absolute Gasteiger partial charge is 0.257 e. The van der Waals surface area contributed by atoms with Crippen LogP contribution in [0.1, 0.15) is 35.3 Å². The number of nitrogens with zero attached hydrogens (tertiary/aromatic N) is 2. The number of carbonyl (C=O) groups is 2. The molecule has 0 saturated carbocycles. The standard InChI is InChI=1S/C17H17Cl2N3O2S/c1-10-12(9-25-21-10)17(24)22-7-3-2-4-15(22)16(23)20-14-6-5-11(18)8-13(14)19/h5-6,8-9,15H,2-4,7H2,1H3,(H,20,23). The molecule has 0 radical (unpaired) electrons. The molecule has 132 valence electrons. The van der Waals surface area contributed by atoms with E-state index in [4.69, 9.17) is 23.2 Å². The van der Waals surface area contributed by atoms with Crippen LogP contribution in [0.2, 0.25) is 10.0 Å². The van der Waals surface area contributed by atoms with Crippen molar-refractivity contribution in [1.82, 2.24) is 9.27 Å². The molecule has 0 aliphatic carbocycles. The first kappa shape index (κ1) is 18.2. The van der Waals surface area contributed by atoms with Gasteiger partial charge in [0.15, 0.2) is 0 Å². The maximum Gasteiger partial charge on any atom is 0.257 e. The van der Waals surface area contributed by atoms with Gasteiger partial charge in [0.05, 0.1) is 22.0 Å². The number of benzene rings is 1. The first-order chi connectivity index (χ1) is 12.0. The molecule has 25 heavy (non-hydrogen) atoms. The van der Waals surface area contributed by atoms with E-state index in [0.717, 1.165) is 12.8 Å². The van der Waals surface area contributed by atoms with Gasteiger partial charge in [0.1, 0.15) is 6.04 Å². The summed E-state index contributed by atoms with van der Waals surface area (Å²) in [7, 11) is 0. The predicted octanol–water partition coefficient (Wildman–Crippen LogP) is 4.39. The van der Waals surface area contributed by atoms with Crippen LogP contribution in [0.25, 0.3) is 0 Å². The minimum atomic E-state index is -0.521. The molecule has 0 spiro atoms. The van der Waals surface area contributed by atoms with Crippen molar-refractivity contribution in [2.45, 2.75) is 32.2 Å². The Morgan fingerprint density at radius 3 is 2.80 bits per heavy atom. The van der Waals surface area contributed by atoms with E-state index in [1.54, 1.807) is 35.4 Å². The molecule has 2 aromatic rings. The Kier molecular flexibility index (Phi) is 5.61. The van der Waals surface area contributed by atoms with Gasteiger partial charge in [-0.25, -0.2) is 0 Å². The summed E-state index contributed by atoms with van der Waals surface area (Å²) in [5.74, 6) is -0.383. The van der Waals surface area contributed by atoms with Gasteiger partial charge < -0.3 is 10.2 Å². The summed E-state index contributed by atoms with van der Waals surface area (Å²) in [6, 6.07) is 4.37. The van der Waals surface area contributed by atoms with Gasteiger partial charge >= 0.3 is 0 Å². The summed E-state index contributed by atoms with van der Waals surface area (Å²) in [5, 5.41) is 5.41. The van der Waals surface area contributed by atoms with Crippen LogP contribution >= 0.6 is 34.7 Å². The zero-order valence-electron chi connectivity index (χ0n) is 13.6. The van der Waals surface area contributed by atoms with Gasteiger partial charge in [-0.05, 0) is 55.9 Å². The Balaban J connectivity index is 1.79. The van der Waals surface area contributed by atoms with Crippen molar-refractivity contribution >= 4 is 52.2 Å². The number of hydrogen-bond acceptors (Lipinski definition) is 4. The predicted molar refractivity (Wildman–Crippen MR) is 101 cm³/mol. The molecule has 1 aromatic carbocycles. The van der Waals surface area contributed by atoms with Crippen molar-refractivity contribution in [2.24, 2.45) is 0 Å². The Morgan fingerprint density at radius 2 is 2.12 bits per heavy atom. The fourth-order valence-corrected chi connectivity index (χ4v) is 4.05. The highest BCUT2D eigenvalue weighted by Gasteiger charge is 2.33. The van der Waals surface area contributed by atoms with Crippen molar-refractivity contribution in [2.75, 3.05) is 11.9 Å². The molecule has 1 atom stereocenters. The topological polar surface area (TPSA) is 62.3 Å². The number of amides is 2. The maximum atomic E-state index is 12.8. The highest BCUT2D eigenvalue weighted by molar-refractivity contribution is 7.03. The number of rotatable bonds is 3. The molecule has 1 N–H and O–H groups in total. The monoisotopic (exact) mass is 397 g/mol. The second kappa shape index (κ2) is 7.72. The quantitative estimate of drug-likeness (QED) is 0.834. The van der Waals surface area contributed by atoms with Crippen LogP contribution in [0, 0.1) is 6.92 Å². The molecule has 2 heterocycles. The first-order valence-corrected chi connectivity index (χ1v) is 9.54. The zero-order chi connectivity index (χ0) is 18.0. The summed E-state index contributed by atoms with van der Waals surface area (Å²) in [5.41, 5.74) is 1.75. The van der Waals surface area contributed by atoms with Crippen LogP contribution in [0.4, 0.5) is 5.69 Å².